The first-order valence-corrected chi connectivity index (χ1v) is 25.6. The van der Waals surface area contributed by atoms with E-state index < -0.39 is 90.5 Å². The van der Waals surface area contributed by atoms with Gasteiger partial charge in [0, 0.05) is 36.6 Å². The number of allylic oxidation sites excluding steroid dienone is 1. The van der Waals surface area contributed by atoms with Crippen LogP contribution in [0.15, 0.2) is 24.8 Å². The number of amides is 2. The number of carboxylic acid groups (broad SMARTS) is 1. The number of carbonyl (C=O) groups excluding carboxylic acids is 4. The van der Waals surface area contributed by atoms with Gasteiger partial charge in [-0.25, -0.2) is 19.3 Å². The molecule has 0 saturated carbocycles. The number of aliphatic carboxylic acids is 1. The summed E-state index contributed by atoms with van der Waals surface area (Å²) in [6.45, 7) is 0.0118. The van der Waals surface area contributed by atoms with E-state index in [0.717, 1.165) is 80.4 Å². The number of carboxylic acids is 1. The maximum Gasteiger partial charge on any atom is 0.274 e. The van der Waals surface area contributed by atoms with Crippen LogP contribution in [0.1, 0.15) is 90.7 Å². The summed E-state index contributed by atoms with van der Waals surface area (Å²) >= 11 is 1.01. The molecule has 3 heterocycles. The monoisotopic (exact) mass is 1000 g/mol. The molecule has 1 fully saturated rings. The molecule has 0 bridgehead atoms. The molecule has 1 aliphatic heterocycles. The molecule has 0 aliphatic carbocycles. The van der Waals surface area contributed by atoms with Crippen molar-refractivity contribution in [2.45, 2.75) is 115 Å². The summed E-state index contributed by atoms with van der Waals surface area (Å²) in [6.07, 6.45) is 4.14. The van der Waals surface area contributed by atoms with Gasteiger partial charge in [0.2, 0.25) is 16.9 Å². The minimum atomic E-state index is -5.93. The number of aliphatic hydroxyl groups is 2. The Bertz CT molecular complexity index is 2070. The van der Waals surface area contributed by atoms with Crippen molar-refractivity contribution in [2.24, 2.45) is 5.41 Å². The summed E-state index contributed by atoms with van der Waals surface area (Å²) in [4.78, 5) is 107. The van der Waals surface area contributed by atoms with E-state index in [2.05, 4.69) is 43.5 Å². The molecule has 3 rings (SSSR count). The number of phosphoric ester groups is 3. The van der Waals surface area contributed by atoms with Crippen LogP contribution in [-0.2, 0) is 55.5 Å². The summed E-state index contributed by atoms with van der Waals surface area (Å²) < 4.78 is 60.7. The number of aromatic nitrogens is 4. The number of fused-ring (bicyclic) bond motifs is 1. The van der Waals surface area contributed by atoms with E-state index in [0.29, 0.717) is 12.2 Å². The molecule has 30 heteroatoms. The van der Waals surface area contributed by atoms with Crippen molar-refractivity contribution < 1.29 is 90.4 Å². The zero-order chi connectivity index (χ0) is 48.4. The second kappa shape index (κ2) is 26.3. The average molecular weight is 1000 g/mol. The normalized spacial score (nSPS) is 20.4. The van der Waals surface area contributed by atoms with E-state index >= 15 is 0 Å². The number of imidazole rings is 1. The lowest BCUT2D eigenvalue weighted by molar-refractivity contribution is -0.347. The Morgan fingerprint density at radius 3 is 2.26 bits per heavy atom. The molecule has 0 spiro atoms. The summed E-state index contributed by atoms with van der Waals surface area (Å²) in [6, 6.07) is 0. The number of rotatable bonds is 31. The van der Waals surface area contributed by atoms with E-state index in [1.807, 2.05) is 0 Å². The lowest BCUT2D eigenvalue weighted by atomic mass is 9.87. The highest BCUT2D eigenvalue weighted by Gasteiger charge is 2.47. The van der Waals surface area contributed by atoms with Crippen LogP contribution >= 0.6 is 35.2 Å². The number of hydrogen-bond acceptors (Lipinski definition) is 24. The fourth-order valence-corrected chi connectivity index (χ4v) is 9.41. The van der Waals surface area contributed by atoms with Gasteiger partial charge in [-0.1, -0.05) is 70.2 Å². The van der Waals surface area contributed by atoms with Gasteiger partial charge in [-0.2, -0.15) is 0 Å². The van der Waals surface area contributed by atoms with Crippen molar-refractivity contribution in [2.75, 3.05) is 37.8 Å². The summed E-state index contributed by atoms with van der Waals surface area (Å²) in [5, 5.41) is 36.5. The molecular weight excluding hydrogens is 947 g/mol. The Hall–Kier alpha value is -3.23. The molecule has 2 aromatic rings. The van der Waals surface area contributed by atoms with E-state index in [-0.39, 0.29) is 48.0 Å². The molecule has 1 saturated heterocycles. The lowest BCUT2D eigenvalue weighted by Crippen LogP contribution is -2.46. The first-order valence-electron chi connectivity index (χ1n) is 20.3. The summed E-state index contributed by atoms with van der Waals surface area (Å²) in [7, 11) is -17.6. The third-order valence-electron chi connectivity index (χ3n) is 9.48. The van der Waals surface area contributed by atoms with Crippen molar-refractivity contribution in [3.05, 3.63) is 24.8 Å². The van der Waals surface area contributed by atoms with Crippen LogP contribution in [-0.4, -0.2) is 109 Å². The number of unbranched alkanes of at least 4 members (excludes halogenated alkanes) is 8. The molecule has 1 aliphatic rings. The standard InChI is InChI=1S/C35H58N7O19P3S/c1-35(2,30(48)33(49)38-16-15-24(43)37-17-18-65-26(46)14-12-10-8-6-4-3-5-7-9-11-13-25(44)45)20-58-64(55,56)61-63(53,54)57-19-23-29(60-62(50,51)52)28(47)34(59-23)42-22-41-27-31(36)39-21-40-32(27)42/h12,14,21-23,28-30,34,47-48H,3-11,13,15-20H2,1-2H3,(H,37,43)(H,38,49)(H,44,45)(H,53,54)(H,55,56)(H2,36,39,40)(H2,50,51,52)/p-5/b14-12+/t23-,28-,29-,30+,34-/m1/s1. The molecule has 2 unspecified atom stereocenters. The second-order valence-electron chi connectivity index (χ2n) is 15.3. The molecule has 0 radical (unpaired) electrons. The van der Waals surface area contributed by atoms with Gasteiger partial charge < -0.3 is 78.9 Å². The van der Waals surface area contributed by atoms with Crippen LogP contribution in [0.4, 0.5) is 5.82 Å². The molecule has 26 nitrogen and oxygen atoms in total. The van der Waals surface area contributed by atoms with Crippen molar-refractivity contribution in [1.29, 1.82) is 0 Å². The molecule has 368 valence electrons. The van der Waals surface area contributed by atoms with Crippen LogP contribution < -0.4 is 41.0 Å². The lowest BCUT2D eigenvalue weighted by Gasteiger charge is -2.36. The number of nitrogen functional groups attached to an aromatic ring is 1. The predicted molar refractivity (Wildman–Crippen MR) is 219 cm³/mol. The van der Waals surface area contributed by atoms with Gasteiger partial charge in [0.25, 0.3) is 15.6 Å². The number of nitrogens with two attached hydrogens (primary N) is 1. The topological polar surface area (TPSA) is 415 Å². The van der Waals surface area contributed by atoms with Crippen molar-refractivity contribution in [1.82, 2.24) is 30.2 Å². The zero-order valence-corrected chi connectivity index (χ0v) is 39.0. The highest BCUT2D eigenvalue weighted by atomic mass is 32.2. The zero-order valence-electron chi connectivity index (χ0n) is 35.5. The number of phosphoric acid groups is 3. The molecule has 2 aromatic heterocycles. The number of anilines is 1. The third kappa shape index (κ3) is 20.3. The van der Waals surface area contributed by atoms with Gasteiger partial charge in [-0.15, -0.1) is 0 Å². The molecule has 6 N–H and O–H groups in total. The number of ether oxygens (including phenoxy) is 1. The van der Waals surface area contributed by atoms with Gasteiger partial charge >= 0.3 is 0 Å². The van der Waals surface area contributed by atoms with Gasteiger partial charge in [0.15, 0.2) is 17.7 Å². The van der Waals surface area contributed by atoms with Gasteiger partial charge in [0.05, 0.1) is 27.4 Å². The highest BCUT2D eigenvalue weighted by Crippen LogP contribution is 2.56. The van der Waals surface area contributed by atoms with E-state index in [1.165, 1.54) is 19.9 Å². The Morgan fingerprint density at radius 2 is 1.60 bits per heavy atom. The van der Waals surface area contributed by atoms with Gasteiger partial charge in [-0.05, 0) is 31.8 Å². The fraction of sp³-hybridized carbons (Fsp3) is 0.686. The number of thioether (sulfide) groups is 1. The van der Waals surface area contributed by atoms with Crippen molar-refractivity contribution in [3.63, 3.8) is 0 Å². The van der Waals surface area contributed by atoms with Crippen LogP contribution in [0.2, 0.25) is 0 Å². The number of aliphatic hydroxyl groups excluding tert-OH is 2. The Labute approximate surface area is 377 Å². The average Bonchev–Trinajstić information content (AvgIpc) is 3.77. The van der Waals surface area contributed by atoms with Crippen molar-refractivity contribution >= 4 is 75.1 Å². The second-order valence-corrected chi connectivity index (χ2v) is 20.5. The highest BCUT2D eigenvalue weighted by molar-refractivity contribution is 8.14. The number of nitrogens with one attached hydrogen (secondary N) is 2. The summed E-state index contributed by atoms with van der Waals surface area (Å²) in [5.74, 6) is -2.31. The number of nitrogens with zero attached hydrogens (tertiary/aromatic N) is 4. The van der Waals surface area contributed by atoms with E-state index in [4.69, 9.17) is 10.5 Å². The largest absolute Gasteiger partial charge is 0.790 e. The molecule has 0 aromatic carbocycles. The van der Waals surface area contributed by atoms with Gasteiger partial charge in [0.1, 0.15) is 36.3 Å². The number of hydrogen-bond donors (Lipinski definition) is 5. The van der Waals surface area contributed by atoms with Crippen LogP contribution in [0, 0.1) is 5.41 Å². The van der Waals surface area contributed by atoms with Crippen LogP contribution in [0.3, 0.4) is 0 Å². The molecular formula is C35H53N7O19P3S-5. The van der Waals surface area contributed by atoms with Crippen molar-refractivity contribution in [3.8, 4) is 0 Å². The first-order chi connectivity index (χ1) is 30.4. The third-order valence-corrected chi connectivity index (χ3v) is 13.3. The van der Waals surface area contributed by atoms with E-state index in [9.17, 15) is 67.8 Å². The molecule has 7 atom stereocenters. The Balaban J connectivity index is 1.34. The molecule has 65 heavy (non-hydrogen) atoms. The minimum Gasteiger partial charge on any atom is -0.790 e. The maximum atomic E-state index is 12.6. The quantitative estimate of drug-likeness (QED) is 0.0321. The molecule has 2 amide bonds. The van der Waals surface area contributed by atoms with Crippen LogP contribution in [0.25, 0.3) is 11.2 Å². The number of carbonyl (C=O) groups is 4. The maximum absolute atomic E-state index is 12.6. The Kier molecular flexibility index (Phi) is 22.7. The summed E-state index contributed by atoms with van der Waals surface area (Å²) in [5.41, 5.74) is 4.05. The Morgan fingerprint density at radius 1 is 0.954 bits per heavy atom. The smallest absolute Gasteiger partial charge is 0.274 e. The minimum absolute atomic E-state index is 0.0270. The SMILES string of the molecule is CC(C)(COP(=O)([O-])OP(=O)([O-])OC[C@H]1O[C@@H](n2cnc3c(N)ncnc32)[C@H](O)[C@@H]1OP(=O)([O-])[O-])[C@@H](O)C(=O)NCCC(=O)NCCSC(=O)/C=C/CCCCCCCCCCC(=O)[O-]. The first kappa shape index (κ1) is 56.1. The van der Waals surface area contributed by atoms with Crippen LogP contribution in [0.5, 0.6) is 0 Å². The van der Waals surface area contributed by atoms with Gasteiger partial charge in [-0.3, -0.25) is 28.1 Å². The van der Waals surface area contributed by atoms with E-state index in [1.54, 1.807) is 6.08 Å². The predicted octanol–water partition coefficient (Wildman–Crippen LogP) is -1.66. The fourth-order valence-electron chi connectivity index (χ4n) is 6.08.